The van der Waals surface area contributed by atoms with E-state index in [4.69, 9.17) is 5.73 Å². The Labute approximate surface area is 115 Å². The molecule has 0 aliphatic heterocycles. The molecule has 0 bridgehead atoms. The van der Waals surface area contributed by atoms with Crippen molar-refractivity contribution in [1.29, 1.82) is 0 Å². The Morgan fingerprint density at radius 1 is 1.15 bits per heavy atom. The third-order valence-corrected chi connectivity index (χ3v) is 2.88. The molecule has 2 rings (SSSR count). The van der Waals surface area contributed by atoms with Crippen LogP contribution in [0.3, 0.4) is 0 Å². The lowest BCUT2D eigenvalue weighted by atomic mass is 10.1. The molecule has 0 aromatic heterocycles. The van der Waals surface area contributed by atoms with Gasteiger partial charge in [-0.1, -0.05) is 17.7 Å². The fourth-order valence-electron chi connectivity index (χ4n) is 1.79. The molecule has 20 heavy (non-hydrogen) atoms. The van der Waals surface area contributed by atoms with Crippen molar-refractivity contribution in [1.82, 2.24) is 0 Å². The number of benzene rings is 2. The predicted molar refractivity (Wildman–Crippen MR) is 73.4 cm³/mol. The first-order valence-electron chi connectivity index (χ1n) is 6.07. The summed E-state index contributed by atoms with van der Waals surface area (Å²) in [6.45, 7) is 1.95. The van der Waals surface area contributed by atoms with E-state index in [1.807, 2.05) is 0 Å². The minimum absolute atomic E-state index is 0.00638. The van der Waals surface area contributed by atoms with Crippen molar-refractivity contribution in [3.63, 3.8) is 0 Å². The molecule has 0 aliphatic carbocycles. The van der Waals surface area contributed by atoms with Gasteiger partial charge in [-0.3, -0.25) is 4.79 Å². The monoisotopic (exact) mass is 276 g/mol. The number of aryl methyl sites for hydroxylation is 1. The second-order valence-corrected chi connectivity index (χ2v) is 4.46. The Hall–Kier alpha value is -2.27. The lowest BCUT2D eigenvalue weighted by Gasteiger charge is -2.09. The fourth-order valence-corrected chi connectivity index (χ4v) is 1.79. The Bertz CT molecular complexity index is 656. The van der Waals surface area contributed by atoms with E-state index >= 15 is 0 Å². The van der Waals surface area contributed by atoms with Gasteiger partial charge in [-0.05, 0) is 36.8 Å². The summed E-state index contributed by atoms with van der Waals surface area (Å²) in [7, 11) is 0. The predicted octanol–water partition coefficient (Wildman–Crippen LogP) is 2.98. The molecule has 0 unspecified atom stereocenters. The topological polar surface area (TPSA) is 55.1 Å². The SMILES string of the molecule is Cc1ccc(F)c(C(=O)Nc2ccc(CN)cc2F)c1. The summed E-state index contributed by atoms with van der Waals surface area (Å²) in [6.07, 6.45) is 0. The summed E-state index contributed by atoms with van der Waals surface area (Å²) < 4.78 is 27.3. The summed E-state index contributed by atoms with van der Waals surface area (Å²) in [5.41, 5.74) is 6.63. The second-order valence-electron chi connectivity index (χ2n) is 4.46. The maximum absolute atomic E-state index is 13.7. The first-order valence-corrected chi connectivity index (χ1v) is 6.07. The third-order valence-electron chi connectivity index (χ3n) is 2.88. The third kappa shape index (κ3) is 3.00. The van der Waals surface area contributed by atoms with Crippen LogP contribution in [-0.4, -0.2) is 5.91 Å². The van der Waals surface area contributed by atoms with Crippen LogP contribution in [0, 0.1) is 18.6 Å². The molecule has 0 spiro atoms. The van der Waals surface area contributed by atoms with Gasteiger partial charge in [-0.2, -0.15) is 0 Å². The average molecular weight is 276 g/mol. The van der Waals surface area contributed by atoms with E-state index < -0.39 is 17.5 Å². The molecule has 0 fully saturated rings. The number of rotatable bonds is 3. The molecule has 0 saturated heterocycles. The van der Waals surface area contributed by atoms with Crippen LogP contribution in [0.1, 0.15) is 21.5 Å². The minimum Gasteiger partial charge on any atom is -0.326 e. The smallest absolute Gasteiger partial charge is 0.258 e. The number of nitrogens with one attached hydrogen (secondary N) is 1. The molecular formula is C15H14F2N2O. The molecule has 104 valence electrons. The van der Waals surface area contributed by atoms with Crippen molar-refractivity contribution in [3.05, 3.63) is 64.7 Å². The highest BCUT2D eigenvalue weighted by atomic mass is 19.1. The largest absolute Gasteiger partial charge is 0.326 e. The van der Waals surface area contributed by atoms with Crippen molar-refractivity contribution in [2.24, 2.45) is 5.73 Å². The van der Waals surface area contributed by atoms with Gasteiger partial charge in [-0.25, -0.2) is 8.78 Å². The van der Waals surface area contributed by atoms with E-state index in [1.165, 1.54) is 24.3 Å². The first-order chi connectivity index (χ1) is 9.51. The van der Waals surface area contributed by atoms with E-state index in [9.17, 15) is 13.6 Å². The molecule has 0 atom stereocenters. The normalized spacial score (nSPS) is 10.4. The molecule has 3 N–H and O–H groups in total. The number of hydrogen-bond donors (Lipinski definition) is 2. The Morgan fingerprint density at radius 3 is 2.55 bits per heavy atom. The van der Waals surface area contributed by atoms with E-state index in [1.54, 1.807) is 19.1 Å². The Balaban J connectivity index is 2.25. The van der Waals surface area contributed by atoms with E-state index in [2.05, 4.69) is 5.32 Å². The van der Waals surface area contributed by atoms with Crippen LogP contribution in [-0.2, 0) is 6.54 Å². The number of carbonyl (C=O) groups is 1. The molecule has 2 aromatic rings. The molecule has 0 aliphatic rings. The lowest BCUT2D eigenvalue weighted by molar-refractivity contribution is 0.102. The maximum atomic E-state index is 13.7. The van der Waals surface area contributed by atoms with Crippen molar-refractivity contribution < 1.29 is 13.6 Å². The zero-order valence-electron chi connectivity index (χ0n) is 10.9. The molecule has 2 aromatic carbocycles. The molecule has 0 heterocycles. The Morgan fingerprint density at radius 2 is 1.90 bits per heavy atom. The van der Waals surface area contributed by atoms with Gasteiger partial charge in [0.25, 0.3) is 5.91 Å². The minimum atomic E-state index is -0.689. The maximum Gasteiger partial charge on any atom is 0.258 e. The van der Waals surface area contributed by atoms with E-state index in [-0.39, 0.29) is 17.8 Å². The van der Waals surface area contributed by atoms with Gasteiger partial charge >= 0.3 is 0 Å². The number of anilines is 1. The van der Waals surface area contributed by atoms with Gasteiger partial charge in [0, 0.05) is 6.54 Å². The van der Waals surface area contributed by atoms with Crippen molar-refractivity contribution >= 4 is 11.6 Å². The van der Waals surface area contributed by atoms with Crippen LogP contribution in [0.4, 0.5) is 14.5 Å². The summed E-state index contributed by atoms with van der Waals surface area (Å²) >= 11 is 0. The summed E-state index contributed by atoms with van der Waals surface area (Å²) in [6, 6.07) is 8.42. The van der Waals surface area contributed by atoms with Crippen molar-refractivity contribution in [2.75, 3.05) is 5.32 Å². The molecule has 1 amide bonds. The molecular weight excluding hydrogens is 262 g/mol. The zero-order valence-corrected chi connectivity index (χ0v) is 10.9. The van der Waals surface area contributed by atoms with Crippen LogP contribution < -0.4 is 11.1 Å². The van der Waals surface area contributed by atoms with Gasteiger partial charge in [0.1, 0.15) is 11.6 Å². The van der Waals surface area contributed by atoms with E-state index in [0.29, 0.717) is 5.56 Å². The highest BCUT2D eigenvalue weighted by Crippen LogP contribution is 2.18. The average Bonchev–Trinajstić information content (AvgIpc) is 2.43. The van der Waals surface area contributed by atoms with Crippen LogP contribution in [0.15, 0.2) is 36.4 Å². The molecule has 0 saturated carbocycles. The van der Waals surface area contributed by atoms with Gasteiger partial charge in [-0.15, -0.1) is 0 Å². The summed E-state index contributed by atoms with van der Waals surface area (Å²) in [4.78, 5) is 12.0. The summed E-state index contributed by atoms with van der Waals surface area (Å²) in [5.74, 6) is -1.94. The highest BCUT2D eigenvalue weighted by molar-refractivity contribution is 6.04. The number of halogens is 2. The molecule has 3 nitrogen and oxygen atoms in total. The van der Waals surface area contributed by atoms with Crippen LogP contribution in [0.25, 0.3) is 0 Å². The molecule has 0 radical (unpaired) electrons. The fraction of sp³-hybridized carbons (Fsp3) is 0.133. The number of carbonyl (C=O) groups excluding carboxylic acids is 1. The second kappa shape index (κ2) is 5.79. The van der Waals surface area contributed by atoms with Crippen LogP contribution in [0.2, 0.25) is 0 Å². The lowest BCUT2D eigenvalue weighted by Crippen LogP contribution is -2.15. The van der Waals surface area contributed by atoms with Gasteiger partial charge in [0.05, 0.1) is 11.3 Å². The quantitative estimate of drug-likeness (QED) is 0.905. The van der Waals surface area contributed by atoms with Gasteiger partial charge in [0.15, 0.2) is 0 Å². The first kappa shape index (κ1) is 14.1. The highest BCUT2D eigenvalue weighted by Gasteiger charge is 2.14. The number of nitrogens with two attached hydrogens (primary N) is 1. The van der Waals surface area contributed by atoms with Gasteiger partial charge < -0.3 is 11.1 Å². The number of amides is 1. The van der Waals surface area contributed by atoms with Crippen molar-refractivity contribution in [3.8, 4) is 0 Å². The van der Waals surface area contributed by atoms with Crippen LogP contribution in [0.5, 0.6) is 0 Å². The zero-order chi connectivity index (χ0) is 14.7. The molecule has 5 heteroatoms. The Kier molecular flexibility index (Phi) is 4.10. The van der Waals surface area contributed by atoms with Gasteiger partial charge in [0.2, 0.25) is 0 Å². The van der Waals surface area contributed by atoms with Crippen molar-refractivity contribution in [2.45, 2.75) is 13.5 Å². The summed E-state index contributed by atoms with van der Waals surface area (Å²) in [5, 5.41) is 2.35. The van der Waals surface area contributed by atoms with E-state index in [0.717, 1.165) is 5.56 Å². The number of hydrogen-bond acceptors (Lipinski definition) is 2. The van der Waals surface area contributed by atoms with Crippen LogP contribution >= 0.6 is 0 Å². The standard InChI is InChI=1S/C15H14F2N2O/c1-9-2-4-12(16)11(6-9)15(20)19-14-5-3-10(8-18)7-13(14)17/h2-7H,8,18H2,1H3,(H,19,20).